The molecule has 1 saturated carbocycles. The summed E-state index contributed by atoms with van der Waals surface area (Å²) in [5, 5.41) is 1.12. The van der Waals surface area contributed by atoms with E-state index in [9.17, 15) is 0 Å². The van der Waals surface area contributed by atoms with Crippen molar-refractivity contribution in [2.24, 2.45) is 17.3 Å². The number of rotatable bonds is 2. The monoisotopic (exact) mass is 377 g/mol. The summed E-state index contributed by atoms with van der Waals surface area (Å²) in [4.78, 5) is 7.54. The number of hydrogen-bond donors (Lipinski definition) is 0. The van der Waals surface area contributed by atoms with Crippen molar-refractivity contribution >= 4 is 17.2 Å². The molecule has 0 radical (unpaired) electrons. The zero-order chi connectivity index (χ0) is 18.2. The molecule has 2 unspecified atom stereocenters. The third-order valence-electron chi connectivity index (χ3n) is 7.82. The molecule has 140 valence electrons. The summed E-state index contributed by atoms with van der Waals surface area (Å²) in [6, 6.07) is 0.478. The average molecular weight is 378 g/mol. The second-order valence-electron chi connectivity index (χ2n) is 8.97. The Labute approximate surface area is 165 Å². The molecule has 1 aromatic heterocycles. The third-order valence-corrected chi connectivity index (χ3v) is 8.64. The molecule has 2 aliphatic heterocycles. The van der Waals surface area contributed by atoms with Gasteiger partial charge in [0.1, 0.15) is 5.82 Å². The van der Waals surface area contributed by atoms with Crippen molar-refractivity contribution in [3.63, 3.8) is 0 Å². The largest absolute Gasteiger partial charge is 0.334 e. The maximum atomic E-state index is 4.83. The van der Waals surface area contributed by atoms with Gasteiger partial charge in [-0.1, -0.05) is 37.6 Å². The van der Waals surface area contributed by atoms with Crippen LogP contribution in [0.15, 0.2) is 41.1 Å². The molecule has 1 fully saturated rings. The second-order valence-corrected chi connectivity index (χ2v) is 9.72. The summed E-state index contributed by atoms with van der Waals surface area (Å²) in [6.07, 6.45) is 18.8. The van der Waals surface area contributed by atoms with Crippen molar-refractivity contribution in [3.05, 3.63) is 52.0 Å². The fraction of sp³-hybridized carbons (Fsp3) is 0.565. The average Bonchev–Trinajstić information content (AvgIpc) is 3.28. The lowest BCUT2D eigenvalue weighted by Gasteiger charge is -2.55. The normalized spacial score (nSPS) is 36.4. The fourth-order valence-corrected chi connectivity index (χ4v) is 7.41. The molecular weight excluding hydrogens is 350 g/mol. The molecule has 3 heterocycles. The quantitative estimate of drug-likeness (QED) is 0.668. The fourth-order valence-electron chi connectivity index (χ4n) is 6.72. The lowest BCUT2D eigenvalue weighted by Crippen LogP contribution is -2.48. The Bertz CT molecular complexity index is 933. The van der Waals surface area contributed by atoms with Crippen LogP contribution >= 0.6 is 11.5 Å². The van der Waals surface area contributed by atoms with Crippen LogP contribution in [0, 0.1) is 24.2 Å². The molecule has 5 aliphatic rings. The van der Waals surface area contributed by atoms with Crippen LogP contribution in [-0.2, 0) is 0 Å². The van der Waals surface area contributed by atoms with Crippen LogP contribution in [0.2, 0.25) is 0 Å². The van der Waals surface area contributed by atoms with E-state index in [0.717, 1.165) is 23.2 Å². The second kappa shape index (κ2) is 5.66. The van der Waals surface area contributed by atoms with Gasteiger partial charge in [-0.05, 0) is 79.5 Å². The number of allylic oxidation sites excluding steroid dienone is 4. The van der Waals surface area contributed by atoms with Gasteiger partial charge < -0.3 is 4.90 Å². The standard InChI is InChI=1S/C23H27N3S/c1-3-23-12-6-7-15-10-11-17-16-8-4-5-9-18(16)26(21(17)20(15)23)19(13-23)22-24-14(2)25-27-22/h4-5,8,13,15,18,20H,3,6-7,9-12H2,1-2H3/t15?,18?,20-,23+/m1/s1. The zero-order valence-electron chi connectivity index (χ0n) is 16.2. The number of hydrogen-bond acceptors (Lipinski definition) is 4. The molecule has 0 saturated heterocycles. The van der Waals surface area contributed by atoms with Gasteiger partial charge in [-0.3, -0.25) is 0 Å². The molecule has 0 bridgehead atoms. The van der Waals surface area contributed by atoms with Crippen molar-refractivity contribution < 1.29 is 0 Å². The van der Waals surface area contributed by atoms with Gasteiger partial charge in [0.2, 0.25) is 0 Å². The van der Waals surface area contributed by atoms with Crippen molar-refractivity contribution in [2.75, 3.05) is 0 Å². The van der Waals surface area contributed by atoms with Gasteiger partial charge in [0, 0.05) is 11.6 Å². The van der Waals surface area contributed by atoms with Gasteiger partial charge in [-0.2, -0.15) is 4.37 Å². The number of aryl methyl sites for hydroxylation is 1. The van der Waals surface area contributed by atoms with E-state index in [0.29, 0.717) is 17.4 Å². The first-order valence-electron chi connectivity index (χ1n) is 10.6. The van der Waals surface area contributed by atoms with Crippen molar-refractivity contribution in [3.8, 4) is 0 Å². The first-order valence-corrected chi connectivity index (χ1v) is 11.4. The summed E-state index contributed by atoms with van der Waals surface area (Å²) in [5.41, 5.74) is 6.62. The van der Waals surface area contributed by atoms with Crippen LogP contribution in [0.1, 0.15) is 62.7 Å². The van der Waals surface area contributed by atoms with Gasteiger partial charge in [-0.25, -0.2) is 4.98 Å². The summed E-state index contributed by atoms with van der Waals surface area (Å²) in [7, 11) is 0. The van der Waals surface area contributed by atoms with E-state index < -0.39 is 0 Å². The maximum Gasteiger partial charge on any atom is 0.160 e. The van der Waals surface area contributed by atoms with Crippen LogP contribution in [0.3, 0.4) is 0 Å². The molecule has 6 rings (SSSR count). The van der Waals surface area contributed by atoms with Crippen molar-refractivity contribution in [2.45, 2.75) is 64.8 Å². The lowest BCUT2D eigenvalue weighted by molar-refractivity contribution is 0.0672. The van der Waals surface area contributed by atoms with Crippen LogP contribution < -0.4 is 0 Å². The van der Waals surface area contributed by atoms with E-state index in [1.807, 2.05) is 6.92 Å². The van der Waals surface area contributed by atoms with Gasteiger partial charge >= 0.3 is 0 Å². The van der Waals surface area contributed by atoms with E-state index in [1.54, 1.807) is 28.4 Å². The van der Waals surface area contributed by atoms with Crippen LogP contribution in [0.5, 0.6) is 0 Å². The highest BCUT2D eigenvalue weighted by atomic mass is 32.1. The topological polar surface area (TPSA) is 29.0 Å². The van der Waals surface area contributed by atoms with Crippen molar-refractivity contribution in [1.29, 1.82) is 0 Å². The Balaban J connectivity index is 1.62. The summed E-state index contributed by atoms with van der Waals surface area (Å²) in [5.74, 6) is 2.48. The van der Waals surface area contributed by atoms with Crippen molar-refractivity contribution in [1.82, 2.24) is 14.3 Å². The van der Waals surface area contributed by atoms with Crippen LogP contribution in [0.4, 0.5) is 0 Å². The molecule has 4 atom stereocenters. The van der Waals surface area contributed by atoms with Crippen LogP contribution in [0.25, 0.3) is 5.70 Å². The van der Waals surface area contributed by atoms with E-state index in [1.165, 1.54) is 44.2 Å². The Morgan fingerprint density at radius 2 is 2.26 bits per heavy atom. The van der Waals surface area contributed by atoms with E-state index in [2.05, 4.69) is 40.5 Å². The van der Waals surface area contributed by atoms with Gasteiger partial charge in [-0.15, -0.1) is 0 Å². The molecule has 1 aromatic rings. The van der Waals surface area contributed by atoms with Gasteiger partial charge in [0.25, 0.3) is 0 Å². The smallest absolute Gasteiger partial charge is 0.160 e. The Morgan fingerprint density at radius 3 is 3.07 bits per heavy atom. The summed E-state index contributed by atoms with van der Waals surface area (Å²) < 4.78 is 4.53. The molecule has 3 nitrogen and oxygen atoms in total. The highest BCUT2D eigenvalue weighted by Crippen LogP contribution is 2.64. The minimum Gasteiger partial charge on any atom is -0.334 e. The SMILES string of the molecule is CC[C@@]12C=C(c3nc(C)ns3)N3C4=C(CCC(CCC1)[C@H]42)C1=CC=CCC13. The molecule has 0 amide bonds. The first-order chi connectivity index (χ1) is 13.2. The number of fused-ring (bicyclic) bond motifs is 3. The molecule has 0 spiro atoms. The minimum absolute atomic E-state index is 0.316. The third kappa shape index (κ3) is 2.08. The summed E-state index contributed by atoms with van der Waals surface area (Å²) in [6.45, 7) is 4.43. The summed E-state index contributed by atoms with van der Waals surface area (Å²) >= 11 is 1.58. The molecule has 3 aliphatic carbocycles. The minimum atomic E-state index is 0.316. The molecule has 27 heavy (non-hydrogen) atoms. The van der Waals surface area contributed by atoms with Gasteiger partial charge in [0.15, 0.2) is 5.01 Å². The molecule has 0 N–H and O–H groups in total. The number of aromatic nitrogens is 2. The Kier molecular flexibility index (Phi) is 3.42. The Morgan fingerprint density at radius 1 is 1.33 bits per heavy atom. The zero-order valence-corrected chi connectivity index (χ0v) is 17.1. The predicted molar refractivity (Wildman–Crippen MR) is 110 cm³/mol. The predicted octanol–water partition coefficient (Wildman–Crippen LogP) is 5.63. The highest BCUT2D eigenvalue weighted by molar-refractivity contribution is 7.06. The molecule has 0 aromatic carbocycles. The first kappa shape index (κ1) is 16.3. The van der Waals surface area contributed by atoms with E-state index in [4.69, 9.17) is 4.98 Å². The molecular formula is C23H27N3S. The number of nitrogens with zero attached hydrogens (tertiary/aromatic N) is 3. The lowest BCUT2D eigenvalue weighted by atomic mass is 9.54. The van der Waals surface area contributed by atoms with E-state index in [-0.39, 0.29) is 0 Å². The van der Waals surface area contributed by atoms with E-state index >= 15 is 0 Å². The maximum absolute atomic E-state index is 4.83. The highest BCUT2D eigenvalue weighted by Gasteiger charge is 2.56. The Hall–Kier alpha value is -1.68. The molecule has 4 heteroatoms. The van der Waals surface area contributed by atoms with Crippen LogP contribution in [-0.4, -0.2) is 20.3 Å². The van der Waals surface area contributed by atoms with Gasteiger partial charge in [0.05, 0.1) is 11.7 Å².